The van der Waals surface area contributed by atoms with Crippen LogP contribution in [-0.2, 0) is 6.54 Å². The van der Waals surface area contributed by atoms with Crippen LogP contribution >= 0.6 is 0 Å². The van der Waals surface area contributed by atoms with Crippen molar-refractivity contribution >= 4 is 17.1 Å². The van der Waals surface area contributed by atoms with Crippen LogP contribution in [0, 0.1) is 0 Å². The highest BCUT2D eigenvalue weighted by Crippen LogP contribution is 2.16. The van der Waals surface area contributed by atoms with Gasteiger partial charge in [0, 0.05) is 0 Å². The van der Waals surface area contributed by atoms with Crippen molar-refractivity contribution in [2.75, 3.05) is 0 Å². The van der Waals surface area contributed by atoms with E-state index in [-0.39, 0.29) is 5.69 Å². The van der Waals surface area contributed by atoms with Crippen molar-refractivity contribution in [3.8, 4) is 0 Å². The fourth-order valence-corrected chi connectivity index (χ4v) is 2.65. The van der Waals surface area contributed by atoms with Gasteiger partial charge in [-0.1, -0.05) is 61.9 Å². The molecule has 0 saturated heterocycles. The van der Waals surface area contributed by atoms with E-state index in [0.717, 1.165) is 29.4 Å². The van der Waals surface area contributed by atoms with E-state index in [2.05, 4.69) is 36.2 Å². The lowest BCUT2D eigenvalue weighted by Gasteiger charge is -2.07. The maximum Gasteiger partial charge on any atom is 0.326 e. The van der Waals surface area contributed by atoms with E-state index < -0.39 is 0 Å². The van der Waals surface area contributed by atoms with Crippen molar-refractivity contribution in [3.05, 3.63) is 76.2 Å². The van der Waals surface area contributed by atoms with Crippen LogP contribution in [0.1, 0.15) is 30.9 Å². The monoisotopic (exact) mass is 292 g/mol. The minimum Gasteiger partial charge on any atom is -0.306 e. The Bertz CT molecular complexity index is 855. The van der Waals surface area contributed by atoms with Crippen LogP contribution in [0.3, 0.4) is 0 Å². The lowest BCUT2D eigenvalue weighted by molar-refractivity contribution is 0.785. The van der Waals surface area contributed by atoms with E-state index in [1.165, 1.54) is 5.56 Å². The third kappa shape index (κ3) is 2.89. The van der Waals surface area contributed by atoms with Crippen LogP contribution in [0.4, 0.5) is 0 Å². The summed E-state index contributed by atoms with van der Waals surface area (Å²) in [6.45, 7) is 2.75. The molecular weight excluding hydrogens is 272 g/mol. The molecular formula is C19H20N2O. The highest BCUT2D eigenvalue weighted by molar-refractivity contribution is 5.75. The van der Waals surface area contributed by atoms with Crippen LogP contribution in [0.2, 0.25) is 0 Å². The quantitative estimate of drug-likeness (QED) is 0.752. The number of fused-ring (bicyclic) bond motifs is 1. The summed E-state index contributed by atoms with van der Waals surface area (Å²) in [5, 5.41) is 0. The second-order valence-corrected chi connectivity index (χ2v) is 5.42. The Hall–Kier alpha value is -2.55. The molecule has 0 saturated carbocycles. The molecule has 1 heterocycles. The van der Waals surface area contributed by atoms with Gasteiger partial charge in [0.2, 0.25) is 0 Å². The van der Waals surface area contributed by atoms with Gasteiger partial charge in [-0.25, -0.2) is 4.79 Å². The van der Waals surface area contributed by atoms with Crippen LogP contribution in [0.25, 0.3) is 17.1 Å². The molecule has 3 heteroatoms. The fourth-order valence-electron chi connectivity index (χ4n) is 2.65. The molecule has 0 aliphatic heterocycles. The van der Waals surface area contributed by atoms with E-state index in [9.17, 15) is 4.79 Å². The van der Waals surface area contributed by atoms with Crippen molar-refractivity contribution in [3.63, 3.8) is 0 Å². The zero-order valence-electron chi connectivity index (χ0n) is 12.8. The Labute approximate surface area is 129 Å². The molecule has 0 radical (unpaired) electrons. The summed E-state index contributed by atoms with van der Waals surface area (Å²) in [7, 11) is 0. The van der Waals surface area contributed by atoms with Gasteiger partial charge in [-0.05, 0) is 29.7 Å². The Morgan fingerprint density at radius 1 is 1.09 bits per heavy atom. The number of nitrogens with one attached hydrogen (secondary N) is 1. The molecule has 0 fully saturated rings. The predicted octanol–water partition coefficient (Wildman–Crippen LogP) is 4.19. The summed E-state index contributed by atoms with van der Waals surface area (Å²) in [6.07, 6.45) is 6.55. The van der Waals surface area contributed by atoms with Gasteiger partial charge in [0.25, 0.3) is 0 Å². The second kappa shape index (κ2) is 6.48. The zero-order chi connectivity index (χ0) is 15.4. The first-order chi connectivity index (χ1) is 10.8. The van der Waals surface area contributed by atoms with E-state index in [4.69, 9.17) is 0 Å². The molecule has 3 nitrogen and oxygen atoms in total. The lowest BCUT2D eigenvalue weighted by atomic mass is 10.1. The van der Waals surface area contributed by atoms with Crippen LogP contribution in [-0.4, -0.2) is 9.55 Å². The first kappa shape index (κ1) is 14.4. The third-order valence-electron chi connectivity index (χ3n) is 3.82. The highest BCUT2D eigenvalue weighted by atomic mass is 16.1. The highest BCUT2D eigenvalue weighted by Gasteiger charge is 2.08. The van der Waals surface area contributed by atoms with Gasteiger partial charge in [0.05, 0.1) is 17.6 Å². The number of H-pyrrole nitrogens is 1. The summed E-state index contributed by atoms with van der Waals surface area (Å²) >= 11 is 0. The maximum absolute atomic E-state index is 12.2. The number of unbranched alkanes of at least 4 members (excludes halogenated alkanes) is 1. The molecule has 0 aliphatic carbocycles. The fraction of sp³-hybridized carbons (Fsp3) is 0.211. The molecule has 3 aromatic rings. The molecule has 0 spiro atoms. The number of imidazole rings is 1. The number of para-hydroxylation sites is 2. The number of hydrogen-bond acceptors (Lipinski definition) is 1. The Kier molecular flexibility index (Phi) is 4.24. The van der Waals surface area contributed by atoms with Gasteiger partial charge in [-0.3, -0.25) is 4.57 Å². The number of hydrogen-bond donors (Lipinski definition) is 1. The van der Waals surface area contributed by atoms with Crippen LogP contribution in [0.5, 0.6) is 0 Å². The molecule has 3 rings (SSSR count). The van der Waals surface area contributed by atoms with E-state index in [1.807, 2.05) is 36.4 Å². The normalized spacial score (nSPS) is 11.5. The molecule has 112 valence electrons. The van der Waals surface area contributed by atoms with Crippen molar-refractivity contribution in [2.24, 2.45) is 0 Å². The Balaban J connectivity index is 1.99. The molecule has 0 atom stereocenters. The smallest absolute Gasteiger partial charge is 0.306 e. The number of benzene rings is 2. The number of rotatable bonds is 5. The lowest BCUT2D eigenvalue weighted by Crippen LogP contribution is -2.17. The average Bonchev–Trinajstić information content (AvgIpc) is 2.85. The average molecular weight is 292 g/mol. The molecule has 0 aliphatic rings. The van der Waals surface area contributed by atoms with Gasteiger partial charge in [0.1, 0.15) is 0 Å². The molecule has 1 N–H and O–H groups in total. The van der Waals surface area contributed by atoms with Gasteiger partial charge < -0.3 is 4.98 Å². The maximum atomic E-state index is 12.2. The zero-order valence-corrected chi connectivity index (χ0v) is 12.8. The summed E-state index contributed by atoms with van der Waals surface area (Å²) in [5.74, 6) is 0. The number of nitrogens with zero attached hydrogens (tertiary/aromatic N) is 1. The molecule has 0 bridgehead atoms. The molecule has 0 amide bonds. The van der Waals surface area contributed by atoms with Gasteiger partial charge in [0.15, 0.2) is 0 Å². The van der Waals surface area contributed by atoms with E-state index in [0.29, 0.717) is 6.54 Å². The molecule has 0 unspecified atom stereocenters. The van der Waals surface area contributed by atoms with Crippen molar-refractivity contribution in [2.45, 2.75) is 26.3 Å². The van der Waals surface area contributed by atoms with Crippen molar-refractivity contribution < 1.29 is 0 Å². The minimum absolute atomic E-state index is 0.0615. The molecule has 1 aromatic heterocycles. The topological polar surface area (TPSA) is 37.8 Å². The molecule has 2 aromatic carbocycles. The third-order valence-corrected chi connectivity index (χ3v) is 3.82. The first-order valence-corrected chi connectivity index (χ1v) is 7.71. The first-order valence-electron chi connectivity index (χ1n) is 7.71. The number of allylic oxidation sites excluding steroid dienone is 1. The van der Waals surface area contributed by atoms with Crippen LogP contribution < -0.4 is 5.69 Å². The number of aromatic nitrogens is 2. The standard InChI is InChI=1S/C19H20N2O/c1-2-3-4-9-15-10-5-6-11-16(15)14-21-18-13-8-7-12-17(18)20-19(21)22/h4-13H,2-3,14H2,1H3,(H,20,22)/b9-4+. The minimum atomic E-state index is -0.0615. The SMILES string of the molecule is CCC/C=C/c1ccccc1Cn1c(=O)[nH]c2ccccc21. The van der Waals surface area contributed by atoms with E-state index >= 15 is 0 Å². The van der Waals surface area contributed by atoms with E-state index in [1.54, 1.807) is 4.57 Å². The van der Waals surface area contributed by atoms with Crippen molar-refractivity contribution in [1.29, 1.82) is 0 Å². The van der Waals surface area contributed by atoms with Gasteiger partial charge >= 0.3 is 5.69 Å². The van der Waals surface area contributed by atoms with Crippen molar-refractivity contribution in [1.82, 2.24) is 9.55 Å². The molecule has 22 heavy (non-hydrogen) atoms. The largest absolute Gasteiger partial charge is 0.326 e. The van der Waals surface area contributed by atoms with Crippen LogP contribution in [0.15, 0.2) is 59.4 Å². The summed E-state index contributed by atoms with van der Waals surface area (Å²) < 4.78 is 1.79. The second-order valence-electron chi connectivity index (χ2n) is 5.42. The summed E-state index contributed by atoms with van der Waals surface area (Å²) in [4.78, 5) is 15.1. The van der Waals surface area contributed by atoms with Gasteiger partial charge in [-0.15, -0.1) is 0 Å². The Morgan fingerprint density at radius 2 is 1.86 bits per heavy atom. The Morgan fingerprint density at radius 3 is 2.73 bits per heavy atom. The summed E-state index contributed by atoms with van der Waals surface area (Å²) in [5.41, 5.74) is 4.09. The summed E-state index contributed by atoms with van der Waals surface area (Å²) in [6, 6.07) is 16.0. The number of aromatic amines is 1. The predicted molar refractivity (Wildman–Crippen MR) is 92.0 cm³/mol. The van der Waals surface area contributed by atoms with Gasteiger partial charge in [-0.2, -0.15) is 0 Å².